The summed E-state index contributed by atoms with van der Waals surface area (Å²) in [6, 6.07) is 11.4. The third-order valence-electron chi connectivity index (χ3n) is 4.27. The van der Waals surface area contributed by atoms with Crippen molar-refractivity contribution in [2.75, 3.05) is 19.6 Å². The molecule has 0 radical (unpaired) electrons. The molecular formula is C20H23ClFN3O4. The number of nitro groups is 1. The lowest BCUT2D eigenvalue weighted by molar-refractivity contribution is -0.384. The number of nitrogens with zero attached hydrogens (tertiary/aromatic N) is 2. The smallest absolute Gasteiger partial charge is 0.269 e. The van der Waals surface area contributed by atoms with Gasteiger partial charge in [-0.3, -0.25) is 24.6 Å². The van der Waals surface area contributed by atoms with Gasteiger partial charge in [-0.25, -0.2) is 4.39 Å². The highest BCUT2D eigenvalue weighted by atomic mass is 35.5. The summed E-state index contributed by atoms with van der Waals surface area (Å²) in [5, 5.41) is 13.4. The number of halogens is 2. The average molecular weight is 424 g/mol. The van der Waals surface area contributed by atoms with Gasteiger partial charge in [-0.2, -0.15) is 0 Å². The molecule has 0 saturated heterocycles. The standard InChI is InChI=1S/C20H22FN3O4.ClH/c1-2-23(14-20(26)22-13-15-3-7-17(21)8-4-15)12-11-19(25)16-5-9-18(10-6-16)24(27)28;/h3-10H,2,11-14H2,1H3,(H,22,26);1H. The van der Waals surface area contributed by atoms with Crippen molar-refractivity contribution in [3.63, 3.8) is 0 Å². The van der Waals surface area contributed by atoms with Gasteiger partial charge >= 0.3 is 0 Å². The molecule has 0 fully saturated rings. The van der Waals surface area contributed by atoms with Gasteiger partial charge in [-0.15, -0.1) is 12.4 Å². The van der Waals surface area contributed by atoms with Crippen molar-refractivity contribution in [3.8, 4) is 0 Å². The van der Waals surface area contributed by atoms with E-state index in [9.17, 15) is 24.1 Å². The Kier molecular flexibility index (Phi) is 9.91. The number of benzene rings is 2. The number of likely N-dealkylation sites (N-methyl/N-ethyl adjacent to an activating group) is 1. The highest BCUT2D eigenvalue weighted by Gasteiger charge is 2.13. The van der Waals surface area contributed by atoms with Crippen LogP contribution >= 0.6 is 12.4 Å². The zero-order valence-corrected chi connectivity index (χ0v) is 16.8. The van der Waals surface area contributed by atoms with Crippen molar-refractivity contribution in [3.05, 3.63) is 75.6 Å². The van der Waals surface area contributed by atoms with Crippen LogP contribution in [-0.2, 0) is 11.3 Å². The van der Waals surface area contributed by atoms with Crippen LogP contribution in [0.2, 0.25) is 0 Å². The predicted octanol–water partition coefficient (Wildman–Crippen LogP) is 3.37. The molecule has 0 saturated carbocycles. The number of amides is 1. The number of carbonyl (C=O) groups excluding carboxylic acids is 2. The zero-order valence-electron chi connectivity index (χ0n) is 16.0. The molecule has 2 aromatic carbocycles. The number of nitrogens with one attached hydrogen (secondary N) is 1. The normalized spacial score (nSPS) is 10.3. The maximum absolute atomic E-state index is 12.9. The topological polar surface area (TPSA) is 92.6 Å². The molecule has 1 amide bonds. The lowest BCUT2D eigenvalue weighted by atomic mass is 10.1. The second kappa shape index (κ2) is 11.9. The highest BCUT2D eigenvalue weighted by Crippen LogP contribution is 2.13. The summed E-state index contributed by atoms with van der Waals surface area (Å²) in [5.74, 6) is -0.654. The van der Waals surface area contributed by atoms with Crippen LogP contribution in [0.1, 0.15) is 29.3 Å². The maximum Gasteiger partial charge on any atom is 0.269 e. The molecule has 1 N–H and O–H groups in total. The molecule has 0 atom stereocenters. The van der Waals surface area contributed by atoms with E-state index in [2.05, 4.69) is 5.32 Å². The average Bonchev–Trinajstić information content (AvgIpc) is 2.70. The molecule has 0 unspecified atom stereocenters. The van der Waals surface area contributed by atoms with E-state index in [1.807, 2.05) is 11.8 Å². The molecule has 0 bridgehead atoms. The van der Waals surface area contributed by atoms with Crippen molar-refractivity contribution in [2.24, 2.45) is 0 Å². The van der Waals surface area contributed by atoms with E-state index in [-0.39, 0.29) is 48.6 Å². The molecule has 2 rings (SSSR count). The Balaban J connectivity index is 0.00000420. The first-order valence-electron chi connectivity index (χ1n) is 8.90. The predicted molar refractivity (Wildman–Crippen MR) is 110 cm³/mol. The van der Waals surface area contributed by atoms with Gasteiger partial charge < -0.3 is 5.32 Å². The number of Topliss-reactive ketones (excluding diaryl/α,β-unsaturated/α-hetero) is 1. The molecule has 7 nitrogen and oxygen atoms in total. The maximum atomic E-state index is 12.9. The minimum Gasteiger partial charge on any atom is -0.351 e. The van der Waals surface area contributed by atoms with Crippen LogP contribution < -0.4 is 5.32 Å². The van der Waals surface area contributed by atoms with Gasteiger partial charge in [-0.05, 0) is 36.4 Å². The van der Waals surface area contributed by atoms with E-state index in [0.29, 0.717) is 25.2 Å². The Labute approximate surface area is 174 Å². The number of ketones is 1. The number of rotatable bonds is 10. The van der Waals surface area contributed by atoms with Crippen LogP contribution in [0.4, 0.5) is 10.1 Å². The second-order valence-electron chi connectivity index (χ2n) is 6.25. The largest absolute Gasteiger partial charge is 0.351 e. The molecule has 0 aromatic heterocycles. The fraction of sp³-hybridized carbons (Fsp3) is 0.300. The molecule has 0 aliphatic carbocycles. The third-order valence-corrected chi connectivity index (χ3v) is 4.27. The molecule has 2 aromatic rings. The van der Waals surface area contributed by atoms with Crippen LogP contribution in [0.25, 0.3) is 0 Å². The van der Waals surface area contributed by atoms with E-state index in [1.165, 1.54) is 36.4 Å². The third kappa shape index (κ3) is 7.97. The number of hydrogen-bond acceptors (Lipinski definition) is 5. The molecule has 0 spiro atoms. The van der Waals surface area contributed by atoms with Crippen molar-refractivity contribution < 1.29 is 18.9 Å². The van der Waals surface area contributed by atoms with Crippen LogP contribution in [-0.4, -0.2) is 41.1 Å². The van der Waals surface area contributed by atoms with E-state index >= 15 is 0 Å². The fourth-order valence-corrected chi connectivity index (χ4v) is 2.58. The zero-order chi connectivity index (χ0) is 20.5. The first-order chi connectivity index (χ1) is 13.4. The van der Waals surface area contributed by atoms with Crippen molar-refractivity contribution in [1.29, 1.82) is 0 Å². The summed E-state index contributed by atoms with van der Waals surface area (Å²) < 4.78 is 12.9. The molecule has 29 heavy (non-hydrogen) atoms. The van der Waals surface area contributed by atoms with Gasteiger partial charge in [0, 0.05) is 37.2 Å². The Morgan fingerprint density at radius 3 is 2.28 bits per heavy atom. The van der Waals surface area contributed by atoms with Gasteiger partial charge in [0.2, 0.25) is 5.91 Å². The summed E-state index contributed by atoms with van der Waals surface area (Å²) in [6.07, 6.45) is 0.205. The van der Waals surface area contributed by atoms with Crippen LogP contribution in [0.5, 0.6) is 0 Å². The summed E-state index contributed by atoms with van der Waals surface area (Å²) >= 11 is 0. The Morgan fingerprint density at radius 1 is 1.10 bits per heavy atom. The Bertz CT molecular complexity index is 829. The Hall–Kier alpha value is -2.84. The van der Waals surface area contributed by atoms with Gasteiger partial charge in [0.1, 0.15) is 5.82 Å². The number of carbonyl (C=O) groups is 2. The number of nitro benzene ring substituents is 1. The minimum absolute atomic E-state index is 0. The van der Waals surface area contributed by atoms with Crippen LogP contribution in [0.3, 0.4) is 0 Å². The molecule has 0 heterocycles. The molecule has 156 valence electrons. The minimum atomic E-state index is -0.516. The van der Waals surface area contributed by atoms with Crippen LogP contribution in [0.15, 0.2) is 48.5 Å². The SMILES string of the molecule is CCN(CCC(=O)c1ccc([N+](=O)[O-])cc1)CC(=O)NCc1ccc(F)cc1.Cl. The lowest BCUT2D eigenvalue weighted by Crippen LogP contribution is -2.37. The summed E-state index contributed by atoms with van der Waals surface area (Å²) in [4.78, 5) is 36.3. The quantitative estimate of drug-likeness (QED) is 0.359. The first kappa shape index (κ1) is 24.2. The second-order valence-corrected chi connectivity index (χ2v) is 6.25. The Morgan fingerprint density at radius 2 is 1.72 bits per heavy atom. The van der Waals surface area contributed by atoms with E-state index < -0.39 is 4.92 Å². The molecule has 0 aliphatic rings. The van der Waals surface area contributed by atoms with Crippen molar-refractivity contribution in [1.82, 2.24) is 10.2 Å². The first-order valence-corrected chi connectivity index (χ1v) is 8.90. The molecule has 9 heteroatoms. The van der Waals surface area contributed by atoms with E-state index in [4.69, 9.17) is 0 Å². The van der Waals surface area contributed by atoms with Crippen LogP contribution in [0, 0.1) is 15.9 Å². The van der Waals surface area contributed by atoms with Gasteiger partial charge in [-0.1, -0.05) is 19.1 Å². The summed E-state index contributed by atoms with van der Waals surface area (Å²) in [6.45, 7) is 3.33. The van der Waals surface area contributed by atoms with E-state index in [0.717, 1.165) is 5.56 Å². The summed E-state index contributed by atoms with van der Waals surface area (Å²) in [5.41, 5.74) is 1.14. The van der Waals surface area contributed by atoms with Gasteiger partial charge in [0.25, 0.3) is 5.69 Å². The number of non-ortho nitro benzene ring substituents is 1. The number of hydrogen-bond donors (Lipinski definition) is 1. The monoisotopic (exact) mass is 423 g/mol. The van der Waals surface area contributed by atoms with Gasteiger partial charge in [0.15, 0.2) is 5.78 Å². The highest BCUT2D eigenvalue weighted by molar-refractivity contribution is 5.96. The molecular weight excluding hydrogens is 401 g/mol. The summed E-state index contributed by atoms with van der Waals surface area (Å²) in [7, 11) is 0. The van der Waals surface area contributed by atoms with Gasteiger partial charge in [0.05, 0.1) is 11.5 Å². The van der Waals surface area contributed by atoms with Crippen molar-refractivity contribution in [2.45, 2.75) is 19.9 Å². The lowest BCUT2D eigenvalue weighted by Gasteiger charge is -2.19. The molecule has 0 aliphatic heterocycles. The van der Waals surface area contributed by atoms with Crippen molar-refractivity contribution >= 4 is 29.8 Å². The van der Waals surface area contributed by atoms with E-state index in [1.54, 1.807) is 12.1 Å². The fourth-order valence-electron chi connectivity index (χ4n) is 2.58.